The van der Waals surface area contributed by atoms with E-state index in [1.165, 1.54) is 11.1 Å². The number of hydrogen-bond donors (Lipinski definition) is 2. The Bertz CT molecular complexity index is 803. The van der Waals surface area contributed by atoms with Crippen LogP contribution in [0.5, 0.6) is 0 Å². The number of rotatable bonds is 6. The minimum Gasteiger partial charge on any atom is -0.356 e. The van der Waals surface area contributed by atoms with Crippen LogP contribution in [-0.2, 0) is 22.8 Å². The molecule has 2 rings (SSSR count). The first-order valence-electron chi connectivity index (χ1n) is 7.66. The number of nitrogens with zero attached hydrogens (tertiary/aromatic N) is 1. The molecule has 0 atom stereocenters. The summed E-state index contributed by atoms with van der Waals surface area (Å²) in [5.41, 5.74) is 1.78. The summed E-state index contributed by atoms with van der Waals surface area (Å²) in [6.07, 6.45) is 2.19. The van der Waals surface area contributed by atoms with E-state index >= 15 is 0 Å². The molecule has 2 N–H and O–H groups in total. The van der Waals surface area contributed by atoms with Gasteiger partial charge in [-0.2, -0.15) is 0 Å². The molecule has 0 aliphatic rings. The second-order valence-electron chi connectivity index (χ2n) is 5.55. The average Bonchev–Trinajstić information content (AvgIpc) is 3.02. The Hall–Kier alpha value is -1.13. The molecule has 0 aliphatic carbocycles. The van der Waals surface area contributed by atoms with Crippen molar-refractivity contribution < 1.29 is 8.42 Å². The molecule has 0 unspecified atom stereocenters. The molecule has 138 valence electrons. The number of guanidine groups is 1. The van der Waals surface area contributed by atoms with Crippen molar-refractivity contribution in [1.29, 1.82) is 0 Å². The highest BCUT2D eigenvalue weighted by atomic mass is 127. The molecule has 0 fully saturated rings. The standard InChI is InChI=1S/C17H23N3O2S2.HI/c1-13-11-14(6-7-16(13)24(3,21)22)12-20-17(18-2)19-9-8-15-5-4-10-23-15;/h4-7,10-11H,8-9,12H2,1-3H3,(H2,18,19,20);1H. The highest BCUT2D eigenvalue weighted by molar-refractivity contribution is 14.0. The van der Waals surface area contributed by atoms with Gasteiger partial charge in [-0.3, -0.25) is 4.99 Å². The minimum absolute atomic E-state index is 0. The zero-order valence-electron chi connectivity index (χ0n) is 14.6. The van der Waals surface area contributed by atoms with Crippen LogP contribution in [0, 0.1) is 6.92 Å². The fourth-order valence-electron chi connectivity index (χ4n) is 2.40. The van der Waals surface area contributed by atoms with E-state index in [0.717, 1.165) is 30.1 Å². The fourth-order valence-corrected chi connectivity index (χ4v) is 4.07. The van der Waals surface area contributed by atoms with Crippen LogP contribution in [0.15, 0.2) is 45.6 Å². The van der Waals surface area contributed by atoms with Crippen LogP contribution >= 0.6 is 35.3 Å². The first-order chi connectivity index (χ1) is 11.4. The number of benzene rings is 1. The van der Waals surface area contributed by atoms with E-state index in [4.69, 9.17) is 0 Å². The van der Waals surface area contributed by atoms with E-state index in [0.29, 0.717) is 11.4 Å². The molecule has 0 spiro atoms. The summed E-state index contributed by atoms with van der Waals surface area (Å²) in [7, 11) is -1.44. The van der Waals surface area contributed by atoms with Crippen molar-refractivity contribution in [2.24, 2.45) is 4.99 Å². The molecule has 0 amide bonds. The average molecular weight is 493 g/mol. The zero-order valence-corrected chi connectivity index (χ0v) is 18.5. The predicted octanol–water partition coefficient (Wildman–Crippen LogP) is 2.99. The quantitative estimate of drug-likeness (QED) is 0.369. The largest absolute Gasteiger partial charge is 0.356 e. The molecule has 25 heavy (non-hydrogen) atoms. The molecule has 5 nitrogen and oxygen atoms in total. The third kappa shape index (κ3) is 6.95. The van der Waals surface area contributed by atoms with Gasteiger partial charge in [0.2, 0.25) is 0 Å². The van der Waals surface area contributed by atoms with Crippen LogP contribution in [0.2, 0.25) is 0 Å². The van der Waals surface area contributed by atoms with Crippen LogP contribution < -0.4 is 10.6 Å². The number of halogens is 1. The van der Waals surface area contributed by atoms with Gasteiger partial charge in [-0.05, 0) is 42.0 Å². The van der Waals surface area contributed by atoms with Crippen LogP contribution in [0.1, 0.15) is 16.0 Å². The molecule has 8 heteroatoms. The van der Waals surface area contributed by atoms with E-state index in [2.05, 4.69) is 33.1 Å². The summed E-state index contributed by atoms with van der Waals surface area (Å²) < 4.78 is 23.3. The summed E-state index contributed by atoms with van der Waals surface area (Å²) in [6.45, 7) is 3.21. The normalized spacial score (nSPS) is 11.7. The van der Waals surface area contributed by atoms with Crippen LogP contribution in [0.3, 0.4) is 0 Å². The van der Waals surface area contributed by atoms with Gasteiger partial charge in [0, 0.05) is 31.3 Å². The van der Waals surface area contributed by atoms with E-state index < -0.39 is 9.84 Å². The maximum absolute atomic E-state index is 11.6. The van der Waals surface area contributed by atoms with Crippen LogP contribution in [0.4, 0.5) is 0 Å². The third-order valence-electron chi connectivity index (χ3n) is 3.57. The van der Waals surface area contributed by atoms with Crippen molar-refractivity contribution in [3.63, 3.8) is 0 Å². The van der Waals surface area contributed by atoms with E-state index in [9.17, 15) is 8.42 Å². The summed E-state index contributed by atoms with van der Waals surface area (Å²) in [5, 5.41) is 8.60. The van der Waals surface area contributed by atoms with Gasteiger partial charge < -0.3 is 10.6 Å². The molecule has 1 heterocycles. The van der Waals surface area contributed by atoms with Crippen LogP contribution in [0.25, 0.3) is 0 Å². The van der Waals surface area contributed by atoms with Gasteiger partial charge in [0.1, 0.15) is 0 Å². The first kappa shape index (κ1) is 21.9. The molecule has 1 aromatic carbocycles. The number of sulfone groups is 1. The number of thiophene rings is 1. The Labute approximate surface area is 170 Å². The predicted molar refractivity (Wildman–Crippen MR) is 116 cm³/mol. The van der Waals surface area contributed by atoms with Gasteiger partial charge in [0.15, 0.2) is 15.8 Å². The molecule has 0 radical (unpaired) electrons. The number of nitrogens with one attached hydrogen (secondary N) is 2. The van der Waals surface area contributed by atoms with Crippen LogP contribution in [-0.4, -0.2) is 34.2 Å². The molecule has 0 bridgehead atoms. The van der Waals surface area contributed by atoms with Crippen molar-refractivity contribution in [2.45, 2.75) is 24.8 Å². The third-order valence-corrected chi connectivity index (χ3v) is 5.76. The lowest BCUT2D eigenvalue weighted by Gasteiger charge is -2.12. The molecule has 1 aromatic heterocycles. The Morgan fingerprint density at radius 2 is 2.00 bits per heavy atom. The maximum Gasteiger partial charge on any atom is 0.191 e. The summed E-state index contributed by atoms with van der Waals surface area (Å²) >= 11 is 1.75. The Morgan fingerprint density at radius 1 is 1.24 bits per heavy atom. The smallest absolute Gasteiger partial charge is 0.191 e. The lowest BCUT2D eigenvalue weighted by atomic mass is 10.1. The van der Waals surface area contributed by atoms with E-state index in [-0.39, 0.29) is 24.0 Å². The molecule has 0 aliphatic heterocycles. The second-order valence-corrected chi connectivity index (χ2v) is 8.57. The van der Waals surface area contributed by atoms with Gasteiger partial charge in [0.25, 0.3) is 0 Å². The summed E-state index contributed by atoms with van der Waals surface area (Å²) in [4.78, 5) is 5.92. The lowest BCUT2D eigenvalue weighted by Crippen LogP contribution is -2.37. The van der Waals surface area contributed by atoms with E-state index in [1.54, 1.807) is 24.5 Å². The van der Waals surface area contributed by atoms with Crippen molar-refractivity contribution in [3.8, 4) is 0 Å². The number of aryl methyl sites for hydroxylation is 1. The molecular weight excluding hydrogens is 469 g/mol. The fraction of sp³-hybridized carbons (Fsp3) is 0.353. The molecule has 0 saturated heterocycles. The van der Waals surface area contributed by atoms with Gasteiger partial charge in [-0.15, -0.1) is 35.3 Å². The van der Waals surface area contributed by atoms with Gasteiger partial charge in [-0.25, -0.2) is 8.42 Å². The molecular formula is C17H24IN3O2S2. The highest BCUT2D eigenvalue weighted by Crippen LogP contribution is 2.16. The Morgan fingerprint density at radius 3 is 2.56 bits per heavy atom. The molecule has 0 saturated carbocycles. The SMILES string of the molecule is CN=C(NCCc1cccs1)NCc1ccc(S(C)(=O)=O)c(C)c1.I. The van der Waals surface area contributed by atoms with Gasteiger partial charge in [0.05, 0.1) is 4.90 Å². The monoisotopic (exact) mass is 493 g/mol. The van der Waals surface area contributed by atoms with Crippen molar-refractivity contribution >= 4 is 51.1 Å². The second kappa shape index (κ2) is 10.1. The Kier molecular flexibility index (Phi) is 8.87. The van der Waals surface area contributed by atoms with Crippen molar-refractivity contribution in [3.05, 3.63) is 51.7 Å². The van der Waals surface area contributed by atoms with Crippen molar-refractivity contribution in [1.82, 2.24) is 10.6 Å². The van der Waals surface area contributed by atoms with Gasteiger partial charge in [-0.1, -0.05) is 18.2 Å². The lowest BCUT2D eigenvalue weighted by molar-refractivity contribution is 0.601. The zero-order chi connectivity index (χ0) is 17.6. The van der Waals surface area contributed by atoms with E-state index in [1.807, 2.05) is 19.1 Å². The highest BCUT2D eigenvalue weighted by Gasteiger charge is 2.10. The number of hydrogen-bond acceptors (Lipinski definition) is 4. The topological polar surface area (TPSA) is 70.6 Å². The maximum atomic E-state index is 11.6. The first-order valence-corrected chi connectivity index (χ1v) is 10.4. The minimum atomic E-state index is -3.18. The van der Waals surface area contributed by atoms with Gasteiger partial charge >= 0.3 is 0 Å². The Balaban J connectivity index is 0.00000312. The number of aliphatic imine (C=N–C) groups is 1. The summed E-state index contributed by atoms with van der Waals surface area (Å²) in [5.74, 6) is 0.733. The molecule has 2 aromatic rings. The van der Waals surface area contributed by atoms with Crippen molar-refractivity contribution in [2.75, 3.05) is 19.8 Å². The summed E-state index contributed by atoms with van der Waals surface area (Å²) in [6, 6.07) is 9.55.